The lowest BCUT2D eigenvalue weighted by atomic mass is 10.00. The van der Waals surface area contributed by atoms with Crippen LogP contribution >= 0.6 is 11.6 Å². The first-order valence-corrected chi connectivity index (χ1v) is 11.6. The maximum atomic E-state index is 14.7. The molecule has 1 N–H and O–H groups in total. The molecule has 9 heteroatoms. The molecule has 4 aromatic rings. The fraction of sp³-hybridized carbons (Fsp3) is 0.148. The number of hydrogen-bond donors (Lipinski definition) is 1. The lowest BCUT2D eigenvalue weighted by Crippen LogP contribution is -2.36. The molecular weight excluding hydrogens is 488 g/mol. The maximum Gasteiger partial charge on any atom is 0.255 e. The number of hydrogen-bond acceptors (Lipinski definition) is 5. The highest BCUT2D eigenvalue weighted by Gasteiger charge is 2.21. The van der Waals surface area contributed by atoms with Crippen LogP contribution in [0.5, 0.6) is 0 Å². The van der Waals surface area contributed by atoms with Gasteiger partial charge in [0.15, 0.2) is 17.4 Å². The molecule has 0 radical (unpaired) electrons. The van der Waals surface area contributed by atoms with E-state index in [2.05, 4.69) is 15.2 Å². The van der Waals surface area contributed by atoms with Gasteiger partial charge in [-0.2, -0.15) is 0 Å². The van der Waals surface area contributed by atoms with Crippen LogP contribution in [0.2, 0.25) is 5.02 Å². The third-order valence-corrected chi connectivity index (χ3v) is 6.19. The Bertz CT molecular complexity index is 1470. The SMILES string of the molecule is O=C(Nc1cc(F)c(F)c(C(=O)c2ccc3ncc(N4CCOCC4)cc3c2)c1)c1ccc(Cl)cc1. The zero-order valence-electron chi connectivity index (χ0n) is 18.9. The molecule has 2 heterocycles. The first-order valence-electron chi connectivity index (χ1n) is 11.2. The van der Waals surface area contributed by atoms with Gasteiger partial charge in [0.2, 0.25) is 0 Å². The average molecular weight is 508 g/mol. The van der Waals surface area contributed by atoms with Crippen molar-refractivity contribution in [3.05, 3.63) is 100 Å². The van der Waals surface area contributed by atoms with Crippen molar-refractivity contribution in [2.24, 2.45) is 0 Å². The maximum absolute atomic E-state index is 14.7. The Balaban J connectivity index is 1.44. The van der Waals surface area contributed by atoms with Crippen molar-refractivity contribution in [2.45, 2.75) is 0 Å². The van der Waals surface area contributed by atoms with E-state index < -0.39 is 28.9 Å². The normalized spacial score (nSPS) is 13.6. The summed E-state index contributed by atoms with van der Waals surface area (Å²) in [6.45, 7) is 2.69. The van der Waals surface area contributed by atoms with Gasteiger partial charge >= 0.3 is 0 Å². The van der Waals surface area contributed by atoms with Crippen LogP contribution in [-0.4, -0.2) is 43.0 Å². The van der Waals surface area contributed by atoms with Gasteiger partial charge in [0, 0.05) is 46.4 Å². The molecule has 0 bridgehead atoms. The molecule has 5 rings (SSSR count). The highest BCUT2D eigenvalue weighted by atomic mass is 35.5. The molecule has 1 aliphatic heterocycles. The van der Waals surface area contributed by atoms with E-state index in [9.17, 15) is 18.4 Å². The second kappa shape index (κ2) is 10.0. The molecule has 1 fully saturated rings. The first-order chi connectivity index (χ1) is 17.4. The number of ketones is 1. The quantitative estimate of drug-likeness (QED) is 0.362. The van der Waals surface area contributed by atoms with Crippen LogP contribution in [0.1, 0.15) is 26.3 Å². The van der Waals surface area contributed by atoms with Crippen LogP contribution in [-0.2, 0) is 4.74 Å². The van der Waals surface area contributed by atoms with Crippen molar-refractivity contribution in [1.82, 2.24) is 4.98 Å². The Hall–Kier alpha value is -3.88. The van der Waals surface area contributed by atoms with Gasteiger partial charge in [-0.15, -0.1) is 0 Å². The van der Waals surface area contributed by atoms with Crippen LogP contribution in [0.15, 0.2) is 66.9 Å². The Labute approximate surface area is 210 Å². The van der Waals surface area contributed by atoms with Crippen molar-refractivity contribution >= 4 is 45.6 Å². The summed E-state index contributed by atoms with van der Waals surface area (Å²) >= 11 is 5.84. The van der Waals surface area contributed by atoms with Crippen molar-refractivity contribution in [3.63, 3.8) is 0 Å². The standard InChI is InChI=1S/C27H20ClF2N3O3/c28-19-4-1-16(2-5-19)27(35)32-20-13-22(25(30)23(29)14-20)26(34)17-3-6-24-18(11-17)12-21(15-31-24)33-7-9-36-10-8-33/h1-6,11-15H,7-10H2,(H,32,35). The fourth-order valence-electron chi connectivity index (χ4n) is 4.04. The summed E-state index contributed by atoms with van der Waals surface area (Å²) in [5.41, 5.74) is 1.46. The molecule has 6 nitrogen and oxygen atoms in total. The molecule has 1 saturated heterocycles. The van der Waals surface area contributed by atoms with Crippen molar-refractivity contribution < 1.29 is 23.1 Å². The second-order valence-corrected chi connectivity index (χ2v) is 8.75. The largest absolute Gasteiger partial charge is 0.378 e. The molecule has 0 spiro atoms. The van der Waals surface area contributed by atoms with Gasteiger partial charge in [-0.05, 0) is 54.6 Å². The predicted molar refractivity (Wildman–Crippen MR) is 134 cm³/mol. The summed E-state index contributed by atoms with van der Waals surface area (Å²) in [5.74, 6) is -3.80. The number of fused-ring (bicyclic) bond motifs is 1. The Morgan fingerprint density at radius 3 is 2.42 bits per heavy atom. The molecule has 1 aromatic heterocycles. The third kappa shape index (κ3) is 4.91. The van der Waals surface area contributed by atoms with E-state index in [1.54, 1.807) is 18.3 Å². The highest BCUT2D eigenvalue weighted by Crippen LogP contribution is 2.26. The van der Waals surface area contributed by atoms with Gasteiger partial charge in [-0.25, -0.2) is 8.78 Å². The predicted octanol–water partition coefficient (Wildman–Crippen LogP) is 5.49. The molecule has 0 saturated carbocycles. The molecule has 0 aliphatic carbocycles. The van der Waals surface area contributed by atoms with Crippen LogP contribution in [0, 0.1) is 11.6 Å². The summed E-state index contributed by atoms with van der Waals surface area (Å²) in [7, 11) is 0. The number of rotatable bonds is 5. The van der Waals surface area contributed by atoms with Crippen molar-refractivity contribution in [3.8, 4) is 0 Å². The summed E-state index contributed by atoms with van der Waals surface area (Å²) in [6, 6.07) is 14.7. The number of amides is 1. The Kier molecular flexibility index (Phi) is 6.63. The summed E-state index contributed by atoms with van der Waals surface area (Å²) in [5, 5.41) is 3.65. The average Bonchev–Trinajstić information content (AvgIpc) is 2.90. The number of nitrogens with one attached hydrogen (secondary N) is 1. The molecule has 182 valence electrons. The number of ether oxygens (including phenoxy) is 1. The summed E-state index contributed by atoms with van der Waals surface area (Å²) < 4.78 is 34.5. The van der Waals surface area contributed by atoms with Crippen LogP contribution in [0.3, 0.4) is 0 Å². The van der Waals surface area contributed by atoms with Crippen molar-refractivity contribution in [1.29, 1.82) is 0 Å². The minimum absolute atomic E-state index is 0.0470. The van der Waals surface area contributed by atoms with E-state index in [-0.39, 0.29) is 16.8 Å². The van der Waals surface area contributed by atoms with Gasteiger partial charge in [-0.3, -0.25) is 14.6 Å². The van der Waals surface area contributed by atoms with Gasteiger partial charge < -0.3 is 15.0 Å². The van der Waals surface area contributed by atoms with Gasteiger partial charge in [0.05, 0.1) is 36.2 Å². The van der Waals surface area contributed by atoms with Crippen LogP contribution in [0.25, 0.3) is 10.9 Å². The molecule has 0 unspecified atom stereocenters. The van der Waals surface area contributed by atoms with Gasteiger partial charge in [0.25, 0.3) is 5.91 Å². The number of benzene rings is 3. The van der Waals surface area contributed by atoms with Crippen LogP contribution < -0.4 is 10.2 Å². The number of carbonyl (C=O) groups excluding carboxylic acids is 2. The number of pyridine rings is 1. The number of aromatic nitrogens is 1. The second-order valence-electron chi connectivity index (χ2n) is 8.31. The molecule has 1 aliphatic rings. The van der Waals surface area contributed by atoms with Gasteiger partial charge in [0.1, 0.15) is 0 Å². The number of anilines is 2. The zero-order valence-corrected chi connectivity index (χ0v) is 19.7. The topological polar surface area (TPSA) is 71.5 Å². The lowest BCUT2D eigenvalue weighted by molar-refractivity contribution is 0.101. The van der Waals surface area contributed by atoms with Crippen LogP contribution in [0.4, 0.5) is 20.2 Å². The van der Waals surface area contributed by atoms with E-state index in [0.717, 1.165) is 30.9 Å². The Morgan fingerprint density at radius 2 is 1.67 bits per heavy atom. The third-order valence-electron chi connectivity index (χ3n) is 5.94. The molecule has 3 aromatic carbocycles. The number of carbonyl (C=O) groups is 2. The molecule has 1 amide bonds. The fourth-order valence-corrected chi connectivity index (χ4v) is 4.17. The smallest absolute Gasteiger partial charge is 0.255 e. The monoisotopic (exact) mass is 507 g/mol. The van der Waals surface area contributed by atoms with E-state index in [1.807, 2.05) is 6.07 Å². The van der Waals surface area contributed by atoms with E-state index in [4.69, 9.17) is 16.3 Å². The minimum atomic E-state index is -1.29. The minimum Gasteiger partial charge on any atom is -0.378 e. The van der Waals surface area contributed by atoms with Gasteiger partial charge in [-0.1, -0.05) is 11.6 Å². The lowest BCUT2D eigenvalue weighted by Gasteiger charge is -2.28. The zero-order chi connectivity index (χ0) is 25.2. The Morgan fingerprint density at radius 1 is 0.944 bits per heavy atom. The molecular formula is C27H20ClF2N3O3. The first kappa shape index (κ1) is 23.8. The van der Waals surface area contributed by atoms with E-state index in [1.165, 1.54) is 30.3 Å². The summed E-state index contributed by atoms with van der Waals surface area (Å²) in [6.07, 6.45) is 1.76. The van der Waals surface area contributed by atoms with E-state index in [0.29, 0.717) is 29.1 Å². The summed E-state index contributed by atoms with van der Waals surface area (Å²) in [4.78, 5) is 32.3. The number of morpholine rings is 1. The molecule has 0 atom stereocenters. The molecule has 36 heavy (non-hydrogen) atoms. The van der Waals surface area contributed by atoms with E-state index >= 15 is 0 Å². The number of halogens is 3. The van der Waals surface area contributed by atoms with Crippen molar-refractivity contribution in [2.75, 3.05) is 36.5 Å². The number of nitrogens with zero attached hydrogens (tertiary/aromatic N) is 2. The highest BCUT2D eigenvalue weighted by molar-refractivity contribution is 6.30.